The van der Waals surface area contributed by atoms with Gasteiger partial charge in [-0.2, -0.15) is 8.78 Å². The van der Waals surface area contributed by atoms with Crippen LogP contribution in [0.15, 0.2) is 55.0 Å². The molecule has 2 aliphatic heterocycles. The van der Waals surface area contributed by atoms with Gasteiger partial charge in [0.25, 0.3) is 11.6 Å². The fourth-order valence-corrected chi connectivity index (χ4v) is 5.91. The summed E-state index contributed by atoms with van der Waals surface area (Å²) in [5.41, 5.74) is 4.73. The minimum absolute atomic E-state index is 0.0185. The van der Waals surface area contributed by atoms with E-state index in [1.165, 1.54) is 21.5 Å². The van der Waals surface area contributed by atoms with Gasteiger partial charge in [-0.1, -0.05) is 21.4 Å². The summed E-state index contributed by atoms with van der Waals surface area (Å²) in [6.07, 6.45) is 6.37. The molecule has 3 aromatic heterocycles. The van der Waals surface area contributed by atoms with Crippen molar-refractivity contribution in [3.8, 4) is 11.3 Å². The molecule has 2 saturated heterocycles. The predicted molar refractivity (Wildman–Crippen MR) is 161 cm³/mol. The number of ether oxygens (including phenoxy) is 1. The SMILES string of the molecule is C[C@H]1CC[C@H](c2nc(-c3ccc(C(=O)Nc4cc(C(F)(F)P)ccn4)cc3)c3c(N)nccn23)CN1C(=O)C1(C)COC1. The molecule has 2 aliphatic rings. The minimum atomic E-state index is -3.14. The molecule has 10 nitrogen and oxygen atoms in total. The number of nitrogens with one attached hydrogen (secondary N) is 1. The van der Waals surface area contributed by atoms with Crippen molar-refractivity contribution in [1.82, 2.24) is 24.3 Å². The van der Waals surface area contributed by atoms with Gasteiger partial charge in [0.2, 0.25) is 5.91 Å². The number of nitrogens with two attached hydrogens (primary N) is 1. The number of hydrogen-bond donors (Lipinski definition) is 2. The lowest BCUT2D eigenvalue weighted by Gasteiger charge is -2.45. The molecule has 1 aromatic carbocycles. The molecule has 0 aliphatic carbocycles. The zero-order chi connectivity index (χ0) is 30.5. The van der Waals surface area contributed by atoms with Crippen LogP contribution in [-0.2, 0) is 15.2 Å². The van der Waals surface area contributed by atoms with Gasteiger partial charge in [-0.05, 0) is 51.0 Å². The topological polar surface area (TPSA) is 128 Å². The summed E-state index contributed by atoms with van der Waals surface area (Å²) in [7, 11) is 1.47. The number of pyridine rings is 1. The molecule has 13 heteroatoms. The molecule has 4 aromatic rings. The number of rotatable bonds is 6. The average Bonchev–Trinajstić information content (AvgIpc) is 3.36. The Morgan fingerprint density at radius 1 is 1.14 bits per heavy atom. The van der Waals surface area contributed by atoms with Gasteiger partial charge in [0.1, 0.15) is 28.7 Å². The van der Waals surface area contributed by atoms with E-state index < -0.39 is 17.0 Å². The number of benzene rings is 1. The summed E-state index contributed by atoms with van der Waals surface area (Å²) in [6.45, 7) is 5.43. The first kappa shape index (κ1) is 29.1. The Morgan fingerprint density at radius 2 is 1.88 bits per heavy atom. The molecule has 2 fully saturated rings. The number of carbonyl (C=O) groups is 2. The number of likely N-dealkylation sites (tertiary alicyclic amines) is 1. The minimum Gasteiger partial charge on any atom is -0.382 e. The van der Waals surface area contributed by atoms with Crippen molar-refractivity contribution in [3.63, 3.8) is 0 Å². The second kappa shape index (κ2) is 10.9. The number of anilines is 2. The number of piperidine rings is 1. The first-order chi connectivity index (χ1) is 20.4. The number of hydrogen-bond acceptors (Lipinski definition) is 7. The van der Waals surface area contributed by atoms with E-state index in [0.29, 0.717) is 42.4 Å². The molecular weight excluding hydrogens is 575 g/mol. The third kappa shape index (κ3) is 5.45. The van der Waals surface area contributed by atoms with Gasteiger partial charge in [-0.3, -0.25) is 14.0 Å². The quantitative estimate of drug-likeness (QED) is 0.305. The second-order valence-electron chi connectivity index (χ2n) is 11.6. The van der Waals surface area contributed by atoms with Crippen molar-refractivity contribution in [3.05, 3.63) is 71.9 Å². The molecular formula is C30H32F2N7O3P. The highest BCUT2D eigenvalue weighted by Crippen LogP contribution is 2.38. The molecule has 2 amide bonds. The van der Waals surface area contributed by atoms with E-state index in [0.717, 1.165) is 30.3 Å². The summed E-state index contributed by atoms with van der Waals surface area (Å²) in [6, 6.07) is 9.20. The standard InChI is InChI=1S/C30H32F2N7O3P/c1-17-3-4-20(14-39(17)28(41)29(2)15-42-16-29)26-37-23(24-25(33)35-11-12-38(24)26)18-5-7-19(8-6-18)27(40)36-22-13-21(9-10-34-22)30(31,32)43/h5-13,17,20H,3-4,14-16,43H2,1-2H3,(H2,33,35)(H,34,36,40)/t17-,20-/m0/s1. The number of nitrogens with zero attached hydrogens (tertiary/aromatic N) is 5. The van der Waals surface area contributed by atoms with Gasteiger partial charge in [0.05, 0.1) is 18.6 Å². The maximum absolute atomic E-state index is 13.7. The number of nitrogen functional groups attached to an aromatic ring is 1. The van der Waals surface area contributed by atoms with E-state index >= 15 is 0 Å². The highest BCUT2D eigenvalue weighted by molar-refractivity contribution is 7.17. The first-order valence-electron chi connectivity index (χ1n) is 14.0. The number of imidazole rings is 1. The van der Waals surface area contributed by atoms with Gasteiger partial charge in [0, 0.05) is 53.8 Å². The van der Waals surface area contributed by atoms with Gasteiger partial charge in [-0.25, -0.2) is 15.0 Å². The lowest BCUT2D eigenvalue weighted by molar-refractivity contribution is -0.172. The van der Waals surface area contributed by atoms with Crippen LogP contribution in [0.2, 0.25) is 0 Å². The van der Waals surface area contributed by atoms with Crippen molar-refractivity contribution in [2.45, 2.75) is 44.3 Å². The number of fused-ring (bicyclic) bond motifs is 1. The molecule has 0 bridgehead atoms. The van der Waals surface area contributed by atoms with Crippen molar-refractivity contribution in [2.24, 2.45) is 5.41 Å². The number of aromatic nitrogens is 4. The number of halogens is 2. The van der Waals surface area contributed by atoms with E-state index in [9.17, 15) is 18.4 Å². The van der Waals surface area contributed by atoms with Crippen molar-refractivity contribution in [1.29, 1.82) is 0 Å². The second-order valence-corrected chi connectivity index (χ2v) is 12.3. The van der Waals surface area contributed by atoms with Crippen LogP contribution in [-0.4, -0.2) is 61.9 Å². The summed E-state index contributed by atoms with van der Waals surface area (Å²) in [5.74, 6) is 0.715. The monoisotopic (exact) mass is 607 g/mol. The van der Waals surface area contributed by atoms with Gasteiger partial charge < -0.3 is 20.7 Å². The Balaban J connectivity index is 1.27. The average molecular weight is 608 g/mol. The fraction of sp³-hybridized carbons (Fsp3) is 0.367. The smallest absolute Gasteiger partial charge is 0.284 e. The van der Waals surface area contributed by atoms with Crippen LogP contribution in [0.5, 0.6) is 0 Å². The van der Waals surface area contributed by atoms with E-state index in [-0.39, 0.29) is 29.2 Å². The Kier molecular flexibility index (Phi) is 7.38. The molecule has 1 unspecified atom stereocenters. The largest absolute Gasteiger partial charge is 0.382 e. The van der Waals surface area contributed by atoms with Gasteiger partial charge >= 0.3 is 0 Å². The summed E-state index contributed by atoms with van der Waals surface area (Å²) < 4.78 is 34.6. The molecule has 0 saturated carbocycles. The lowest BCUT2D eigenvalue weighted by Crippen LogP contribution is -2.57. The zero-order valence-electron chi connectivity index (χ0n) is 23.8. The molecule has 0 radical (unpaired) electrons. The van der Waals surface area contributed by atoms with E-state index in [1.54, 1.807) is 30.5 Å². The first-order valence-corrected chi connectivity index (χ1v) is 14.6. The summed E-state index contributed by atoms with van der Waals surface area (Å²) >= 11 is 0. The molecule has 3 atom stereocenters. The lowest BCUT2D eigenvalue weighted by atomic mass is 9.84. The van der Waals surface area contributed by atoms with E-state index in [2.05, 4.69) is 22.2 Å². The number of alkyl halides is 2. The van der Waals surface area contributed by atoms with Crippen LogP contribution in [0.25, 0.3) is 16.8 Å². The Morgan fingerprint density at radius 3 is 2.56 bits per heavy atom. The van der Waals surface area contributed by atoms with Crippen LogP contribution in [0, 0.1) is 5.41 Å². The maximum Gasteiger partial charge on any atom is 0.284 e. The summed E-state index contributed by atoms with van der Waals surface area (Å²) in [5, 5.41) is 2.57. The molecule has 43 heavy (non-hydrogen) atoms. The van der Waals surface area contributed by atoms with Gasteiger partial charge in [-0.15, -0.1) is 0 Å². The van der Waals surface area contributed by atoms with Crippen molar-refractivity contribution in [2.75, 3.05) is 30.8 Å². The fourth-order valence-electron chi connectivity index (χ4n) is 5.73. The molecule has 0 spiro atoms. The highest BCUT2D eigenvalue weighted by Gasteiger charge is 2.46. The van der Waals surface area contributed by atoms with Crippen LogP contribution in [0.1, 0.15) is 54.4 Å². The maximum atomic E-state index is 13.7. The highest BCUT2D eigenvalue weighted by atomic mass is 31.0. The molecule has 224 valence electrons. The predicted octanol–water partition coefficient (Wildman–Crippen LogP) is 4.68. The molecule has 6 rings (SSSR count). The van der Waals surface area contributed by atoms with Crippen LogP contribution in [0.4, 0.5) is 20.4 Å². The van der Waals surface area contributed by atoms with Gasteiger partial charge in [0.15, 0.2) is 0 Å². The Bertz CT molecular complexity index is 1700. The molecule has 5 heterocycles. The van der Waals surface area contributed by atoms with Crippen LogP contribution in [0.3, 0.4) is 0 Å². The van der Waals surface area contributed by atoms with E-state index in [4.69, 9.17) is 15.5 Å². The Labute approximate surface area is 249 Å². The van der Waals surface area contributed by atoms with Crippen molar-refractivity contribution >= 4 is 38.2 Å². The number of amides is 2. The normalized spacial score (nSPS) is 20.1. The summed E-state index contributed by atoms with van der Waals surface area (Å²) in [4.78, 5) is 41.5. The molecule has 3 N–H and O–H groups in total. The Hall–Kier alpha value is -4.02. The third-order valence-electron chi connectivity index (χ3n) is 8.28. The third-order valence-corrected chi connectivity index (χ3v) is 8.62. The van der Waals surface area contributed by atoms with E-state index in [1.807, 2.05) is 22.4 Å². The van der Waals surface area contributed by atoms with Crippen LogP contribution >= 0.6 is 9.24 Å². The van der Waals surface area contributed by atoms with Crippen molar-refractivity contribution < 1.29 is 23.1 Å². The van der Waals surface area contributed by atoms with Crippen LogP contribution < -0.4 is 11.1 Å². The number of carbonyl (C=O) groups excluding carboxylic acids is 2. The zero-order valence-corrected chi connectivity index (χ0v) is 24.9.